The zero-order valence-corrected chi connectivity index (χ0v) is 13.5. The second-order valence-electron chi connectivity index (χ2n) is 5.43. The highest BCUT2D eigenvalue weighted by molar-refractivity contribution is 9.10. The normalized spacial score (nSPS) is 13.1. The summed E-state index contributed by atoms with van der Waals surface area (Å²) in [5.41, 5.74) is 1.39. The minimum Gasteiger partial charge on any atom is -0.310 e. The number of nitrogens with one attached hydrogen (secondary N) is 1. The molecule has 0 aliphatic rings. The van der Waals surface area contributed by atoms with Gasteiger partial charge in [-0.1, -0.05) is 54.9 Å². The van der Waals surface area contributed by atoms with Gasteiger partial charge in [0.2, 0.25) is 0 Å². The summed E-state index contributed by atoms with van der Waals surface area (Å²) >= 11 is 3.52. The number of rotatable bonds is 5. The molecule has 2 heteroatoms. The Morgan fingerprint density at radius 1 is 1.05 bits per heavy atom. The Kier molecular flexibility index (Phi) is 5.00. The molecule has 0 amide bonds. The highest BCUT2D eigenvalue weighted by Gasteiger charge is 2.14. The van der Waals surface area contributed by atoms with Crippen LogP contribution < -0.4 is 5.32 Å². The van der Waals surface area contributed by atoms with Crippen LogP contribution in [0.1, 0.15) is 38.8 Å². The molecule has 2 aromatic carbocycles. The van der Waals surface area contributed by atoms with Gasteiger partial charge in [-0.25, -0.2) is 0 Å². The lowest BCUT2D eigenvalue weighted by Crippen LogP contribution is -2.26. The summed E-state index contributed by atoms with van der Waals surface area (Å²) in [6, 6.07) is 13.7. The fraction of sp³-hybridized carbons (Fsp3) is 0.412. The Morgan fingerprint density at radius 2 is 1.74 bits per heavy atom. The third kappa shape index (κ3) is 3.58. The van der Waals surface area contributed by atoms with Crippen LogP contribution in [0.15, 0.2) is 40.9 Å². The zero-order valence-electron chi connectivity index (χ0n) is 11.9. The molecule has 1 nitrogen and oxygen atoms in total. The number of hydrogen-bond acceptors (Lipinski definition) is 1. The van der Waals surface area contributed by atoms with E-state index in [2.05, 4.69) is 78.4 Å². The molecule has 0 spiro atoms. The van der Waals surface area contributed by atoms with Crippen molar-refractivity contribution in [3.8, 4) is 0 Å². The van der Waals surface area contributed by atoms with E-state index in [1.807, 2.05) is 0 Å². The first-order valence-electron chi connectivity index (χ1n) is 7.04. The third-order valence-electron chi connectivity index (χ3n) is 3.47. The zero-order chi connectivity index (χ0) is 13.8. The SMILES string of the molecule is CCCNC(c1ccc2cc(Br)ccc2c1)C(C)C. The standard InChI is InChI=1S/C17H22BrN/c1-4-9-19-17(12(2)3)15-6-5-14-11-16(18)8-7-13(14)10-15/h5-8,10-12,17,19H,4,9H2,1-3H3. The van der Waals surface area contributed by atoms with Crippen LogP contribution in [0, 0.1) is 5.92 Å². The van der Waals surface area contributed by atoms with Gasteiger partial charge >= 0.3 is 0 Å². The van der Waals surface area contributed by atoms with Gasteiger partial charge in [0.05, 0.1) is 0 Å². The molecule has 0 aliphatic carbocycles. The average Bonchev–Trinajstić information content (AvgIpc) is 2.39. The van der Waals surface area contributed by atoms with Gasteiger partial charge in [-0.15, -0.1) is 0 Å². The molecule has 0 saturated heterocycles. The van der Waals surface area contributed by atoms with Gasteiger partial charge in [-0.05, 0) is 53.4 Å². The fourth-order valence-corrected chi connectivity index (χ4v) is 2.85. The maximum Gasteiger partial charge on any atom is 0.0343 e. The van der Waals surface area contributed by atoms with Crippen molar-refractivity contribution in [2.45, 2.75) is 33.2 Å². The Labute approximate surface area is 124 Å². The number of halogens is 1. The molecular weight excluding hydrogens is 298 g/mol. The molecule has 2 rings (SSSR count). The van der Waals surface area contributed by atoms with Crippen LogP contribution in [0.25, 0.3) is 10.8 Å². The highest BCUT2D eigenvalue weighted by atomic mass is 79.9. The molecule has 0 heterocycles. The van der Waals surface area contributed by atoms with E-state index in [0.717, 1.165) is 11.0 Å². The molecule has 0 aliphatic heterocycles. The van der Waals surface area contributed by atoms with E-state index in [0.29, 0.717) is 12.0 Å². The summed E-state index contributed by atoms with van der Waals surface area (Å²) < 4.78 is 1.14. The minimum atomic E-state index is 0.438. The van der Waals surface area contributed by atoms with Crippen molar-refractivity contribution in [2.75, 3.05) is 6.54 Å². The van der Waals surface area contributed by atoms with E-state index < -0.39 is 0 Å². The van der Waals surface area contributed by atoms with Crippen molar-refractivity contribution in [1.82, 2.24) is 5.32 Å². The molecule has 2 aromatic rings. The van der Waals surface area contributed by atoms with Crippen LogP contribution in [-0.4, -0.2) is 6.54 Å². The Balaban J connectivity index is 2.34. The lowest BCUT2D eigenvalue weighted by molar-refractivity contribution is 0.413. The Hall–Kier alpha value is -0.860. The largest absolute Gasteiger partial charge is 0.310 e. The van der Waals surface area contributed by atoms with E-state index >= 15 is 0 Å². The van der Waals surface area contributed by atoms with Gasteiger partial charge in [0, 0.05) is 10.5 Å². The van der Waals surface area contributed by atoms with Crippen LogP contribution in [-0.2, 0) is 0 Å². The van der Waals surface area contributed by atoms with Gasteiger partial charge in [-0.2, -0.15) is 0 Å². The minimum absolute atomic E-state index is 0.438. The fourth-order valence-electron chi connectivity index (χ4n) is 2.47. The van der Waals surface area contributed by atoms with Crippen molar-refractivity contribution in [2.24, 2.45) is 5.92 Å². The molecule has 0 fully saturated rings. The molecular formula is C17H22BrN. The lowest BCUT2D eigenvalue weighted by Gasteiger charge is -2.23. The number of hydrogen-bond donors (Lipinski definition) is 1. The number of fused-ring (bicyclic) bond motifs is 1. The maximum absolute atomic E-state index is 3.65. The summed E-state index contributed by atoms with van der Waals surface area (Å²) in [5.74, 6) is 0.597. The summed E-state index contributed by atoms with van der Waals surface area (Å²) in [6.45, 7) is 7.84. The van der Waals surface area contributed by atoms with Crippen LogP contribution in [0.3, 0.4) is 0 Å². The first-order valence-corrected chi connectivity index (χ1v) is 7.83. The molecule has 0 aromatic heterocycles. The quantitative estimate of drug-likeness (QED) is 0.788. The van der Waals surface area contributed by atoms with Crippen LogP contribution >= 0.6 is 15.9 Å². The van der Waals surface area contributed by atoms with Crippen LogP contribution in [0.4, 0.5) is 0 Å². The second kappa shape index (κ2) is 6.53. The molecule has 102 valence electrons. The summed E-state index contributed by atoms with van der Waals surface area (Å²) in [4.78, 5) is 0. The van der Waals surface area contributed by atoms with Crippen LogP contribution in [0.2, 0.25) is 0 Å². The molecule has 0 bridgehead atoms. The summed E-state index contributed by atoms with van der Waals surface area (Å²) in [7, 11) is 0. The van der Waals surface area contributed by atoms with Gasteiger partial charge in [-0.3, -0.25) is 0 Å². The van der Waals surface area contributed by atoms with E-state index in [4.69, 9.17) is 0 Å². The molecule has 0 saturated carbocycles. The lowest BCUT2D eigenvalue weighted by atomic mass is 9.94. The van der Waals surface area contributed by atoms with Gasteiger partial charge in [0.1, 0.15) is 0 Å². The second-order valence-corrected chi connectivity index (χ2v) is 6.34. The van der Waals surface area contributed by atoms with Crippen molar-refractivity contribution in [1.29, 1.82) is 0 Å². The number of benzene rings is 2. The van der Waals surface area contributed by atoms with E-state index in [1.54, 1.807) is 0 Å². The van der Waals surface area contributed by atoms with Gasteiger partial charge < -0.3 is 5.32 Å². The maximum atomic E-state index is 3.65. The topological polar surface area (TPSA) is 12.0 Å². The molecule has 19 heavy (non-hydrogen) atoms. The van der Waals surface area contributed by atoms with E-state index in [-0.39, 0.29) is 0 Å². The summed E-state index contributed by atoms with van der Waals surface area (Å²) in [6.07, 6.45) is 1.17. The predicted molar refractivity (Wildman–Crippen MR) is 87.5 cm³/mol. The summed E-state index contributed by atoms with van der Waals surface area (Å²) in [5, 5.41) is 6.25. The predicted octanol–water partition coefficient (Wildman–Crippen LogP) is 5.30. The Bertz CT molecular complexity index is 548. The molecule has 1 atom stereocenters. The van der Waals surface area contributed by atoms with Crippen LogP contribution in [0.5, 0.6) is 0 Å². The first-order chi connectivity index (χ1) is 9.11. The van der Waals surface area contributed by atoms with Crippen molar-refractivity contribution in [3.63, 3.8) is 0 Å². The van der Waals surface area contributed by atoms with Crippen molar-refractivity contribution >= 4 is 26.7 Å². The van der Waals surface area contributed by atoms with Crippen molar-refractivity contribution < 1.29 is 0 Å². The molecule has 1 N–H and O–H groups in total. The first kappa shape index (κ1) is 14.5. The highest BCUT2D eigenvalue weighted by Crippen LogP contribution is 2.27. The average molecular weight is 320 g/mol. The van der Waals surface area contributed by atoms with E-state index in [1.165, 1.54) is 22.8 Å². The van der Waals surface area contributed by atoms with Gasteiger partial charge in [0.15, 0.2) is 0 Å². The Morgan fingerprint density at radius 3 is 2.42 bits per heavy atom. The smallest absolute Gasteiger partial charge is 0.0343 e. The molecule has 1 unspecified atom stereocenters. The third-order valence-corrected chi connectivity index (χ3v) is 3.96. The van der Waals surface area contributed by atoms with E-state index in [9.17, 15) is 0 Å². The van der Waals surface area contributed by atoms with Crippen molar-refractivity contribution in [3.05, 3.63) is 46.4 Å². The molecule has 0 radical (unpaired) electrons. The van der Waals surface area contributed by atoms with Gasteiger partial charge in [0.25, 0.3) is 0 Å². The monoisotopic (exact) mass is 319 g/mol.